The summed E-state index contributed by atoms with van der Waals surface area (Å²) in [5.74, 6) is 0.491. The van der Waals surface area contributed by atoms with Gasteiger partial charge in [-0.15, -0.1) is 0 Å². The number of rotatable bonds is 2. The minimum atomic E-state index is -0.455. The number of hydrogen-bond acceptors (Lipinski definition) is 3. The summed E-state index contributed by atoms with van der Waals surface area (Å²) in [6.07, 6.45) is 0. The van der Waals surface area contributed by atoms with Crippen LogP contribution in [-0.2, 0) is 0 Å². The maximum Gasteiger partial charge on any atom is 0.249 e. The largest absolute Gasteiger partial charge is 0.366 e. The average Bonchev–Trinajstić information content (AvgIpc) is 2.65. The molecule has 1 amide bonds. The van der Waals surface area contributed by atoms with Gasteiger partial charge in [-0.05, 0) is 18.2 Å². The number of hydrogen-bond donors (Lipinski definition) is 1. The quantitative estimate of drug-likeness (QED) is 0.748. The lowest BCUT2D eigenvalue weighted by atomic mass is 10.1. The molecule has 0 atom stereocenters. The summed E-state index contributed by atoms with van der Waals surface area (Å²) in [5.41, 5.74) is 6.51. The minimum Gasteiger partial charge on any atom is -0.366 e. The van der Waals surface area contributed by atoms with Gasteiger partial charge in [0, 0.05) is 24.7 Å². The zero-order valence-electron chi connectivity index (χ0n) is 8.53. The van der Waals surface area contributed by atoms with Crippen LogP contribution in [0.5, 0.6) is 0 Å². The molecule has 1 aromatic carbocycles. The van der Waals surface area contributed by atoms with Crippen LogP contribution in [-0.4, -0.2) is 36.8 Å². The molecule has 1 aliphatic heterocycles. The van der Waals surface area contributed by atoms with E-state index in [1.54, 1.807) is 12.1 Å². The van der Waals surface area contributed by atoms with Crippen LogP contribution in [0.4, 0.5) is 0 Å². The Bertz CT molecular complexity index is 408. The Labute approximate surface area is 88.4 Å². The molecule has 0 saturated carbocycles. The third-order valence-electron chi connectivity index (χ3n) is 2.39. The lowest BCUT2D eigenvalue weighted by Gasteiger charge is -2.13. The van der Waals surface area contributed by atoms with E-state index in [0.717, 1.165) is 24.5 Å². The highest BCUT2D eigenvalue weighted by atomic mass is 16.1. The van der Waals surface area contributed by atoms with Crippen LogP contribution in [0.15, 0.2) is 23.2 Å². The molecular weight excluding hydrogens is 190 g/mol. The lowest BCUT2D eigenvalue weighted by molar-refractivity contribution is 0.1000. The molecule has 0 aliphatic carbocycles. The number of likely N-dealkylation sites (N-methyl/N-ethyl adjacent to an activating group) is 1. The van der Waals surface area contributed by atoms with Gasteiger partial charge in [-0.3, -0.25) is 9.79 Å². The molecule has 1 aromatic rings. The van der Waals surface area contributed by atoms with Gasteiger partial charge in [0.1, 0.15) is 5.84 Å². The highest BCUT2D eigenvalue weighted by Crippen LogP contribution is 2.10. The molecule has 0 fully saturated rings. The second-order valence-electron chi connectivity index (χ2n) is 3.48. The first-order valence-electron chi connectivity index (χ1n) is 4.76. The molecule has 15 heavy (non-hydrogen) atoms. The predicted molar refractivity (Wildman–Crippen MR) is 57.8 cm³/mol. The summed E-state index contributed by atoms with van der Waals surface area (Å²) in [4.78, 5) is 17.3. The smallest absolute Gasteiger partial charge is 0.249 e. The Hall–Kier alpha value is -1.84. The van der Waals surface area contributed by atoms with E-state index in [9.17, 15) is 4.79 Å². The van der Waals surface area contributed by atoms with Gasteiger partial charge < -0.3 is 10.6 Å². The number of nitrogens with zero attached hydrogens (tertiary/aromatic N) is 2. The van der Waals surface area contributed by atoms with Gasteiger partial charge in [0.25, 0.3) is 0 Å². The van der Waals surface area contributed by atoms with Crippen molar-refractivity contribution in [1.82, 2.24) is 4.90 Å². The lowest BCUT2D eigenvalue weighted by Crippen LogP contribution is -2.23. The SMILES string of the molecule is CN1CCN=C1c1c[c]c(C(N)=O)cc1. The molecule has 0 saturated heterocycles. The molecule has 4 heteroatoms. The standard InChI is InChI=1S/C11H12N3O/c1-14-7-6-13-11(14)9-4-2-8(3-5-9)10(12)15/h2,4-5H,6-7H2,1H3,(H2,12,15). The van der Waals surface area contributed by atoms with Crippen LogP contribution in [0.2, 0.25) is 0 Å². The van der Waals surface area contributed by atoms with Crippen LogP contribution >= 0.6 is 0 Å². The fourth-order valence-corrected chi connectivity index (χ4v) is 1.56. The van der Waals surface area contributed by atoms with E-state index in [0.29, 0.717) is 5.56 Å². The Balaban J connectivity index is 2.27. The van der Waals surface area contributed by atoms with E-state index < -0.39 is 5.91 Å². The Morgan fingerprint density at radius 1 is 1.60 bits per heavy atom. The van der Waals surface area contributed by atoms with Gasteiger partial charge in [-0.1, -0.05) is 6.07 Å². The van der Waals surface area contributed by atoms with E-state index in [-0.39, 0.29) is 0 Å². The summed E-state index contributed by atoms with van der Waals surface area (Å²) >= 11 is 0. The summed E-state index contributed by atoms with van der Waals surface area (Å²) in [5, 5.41) is 0. The van der Waals surface area contributed by atoms with E-state index >= 15 is 0 Å². The van der Waals surface area contributed by atoms with Gasteiger partial charge >= 0.3 is 0 Å². The van der Waals surface area contributed by atoms with Crippen molar-refractivity contribution in [3.63, 3.8) is 0 Å². The van der Waals surface area contributed by atoms with Gasteiger partial charge in [0.2, 0.25) is 5.91 Å². The first-order valence-corrected chi connectivity index (χ1v) is 4.76. The number of nitrogens with two attached hydrogens (primary N) is 1. The van der Waals surface area contributed by atoms with E-state index in [1.165, 1.54) is 0 Å². The molecule has 4 nitrogen and oxygen atoms in total. The molecule has 1 radical (unpaired) electrons. The Morgan fingerprint density at radius 3 is 2.87 bits per heavy atom. The molecule has 1 aliphatic rings. The van der Waals surface area contributed by atoms with Crippen molar-refractivity contribution >= 4 is 11.7 Å². The second-order valence-corrected chi connectivity index (χ2v) is 3.48. The number of carbonyl (C=O) groups excluding carboxylic acids is 1. The maximum absolute atomic E-state index is 10.8. The monoisotopic (exact) mass is 202 g/mol. The third-order valence-corrected chi connectivity index (χ3v) is 2.39. The fourth-order valence-electron chi connectivity index (χ4n) is 1.56. The van der Waals surface area contributed by atoms with Crippen molar-refractivity contribution in [2.24, 2.45) is 10.7 Å². The number of aliphatic imine (C=N–C) groups is 1. The number of carbonyl (C=O) groups is 1. The molecule has 1 heterocycles. The first-order chi connectivity index (χ1) is 7.18. The van der Waals surface area contributed by atoms with Crippen molar-refractivity contribution in [3.8, 4) is 0 Å². The summed E-state index contributed by atoms with van der Waals surface area (Å²) < 4.78 is 0. The van der Waals surface area contributed by atoms with E-state index in [2.05, 4.69) is 16.0 Å². The van der Waals surface area contributed by atoms with Crippen molar-refractivity contribution in [2.75, 3.05) is 20.1 Å². The van der Waals surface area contributed by atoms with Gasteiger partial charge in [-0.25, -0.2) is 0 Å². The minimum absolute atomic E-state index is 0.403. The van der Waals surface area contributed by atoms with Crippen LogP contribution in [0.1, 0.15) is 15.9 Å². The number of benzene rings is 1. The van der Waals surface area contributed by atoms with Crippen molar-refractivity contribution in [1.29, 1.82) is 0 Å². The van der Waals surface area contributed by atoms with Crippen molar-refractivity contribution < 1.29 is 4.79 Å². The third kappa shape index (κ3) is 1.83. The topological polar surface area (TPSA) is 58.7 Å². The molecule has 77 valence electrons. The Morgan fingerprint density at radius 2 is 2.40 bits per heavy atom. The first kappa shape index (κ1) is 9.71. The number of amides is 1. The predicted octanol–water partition coefficient (Wildman–Crippen LogP) is 0.278. The zero-order chi connectivity index (χ0) is 10.8. The van der Waals surface area contributed by atoms with E-state index in [4.69, 9.17) is 5.73 Å². The molecule has 0 unspecified atom stereocenters. The number of amidine groups is 1. The van der Waals surface area contributed by atoms with Gasteiger partial charge in [-0.2, -0.15) is 0 Å². The van der Waals surface area contributed by atoms with Crippen LogP contribution in [0, 0.1) is 6.07 Å². The van der Waals surface area contributed by atoms with Gasteiger partial charge in [0.15, 0.2) is 0 Å². The second kappa shape index (κ2) is 3.73. The van der Waals surface area contributed by atoms with Crippen molar-refractivity contribution in [3.05, 3.63) is 35.4 Å². The summed E-state index contributed by atoms with van der Waals surface area (Å²) in [7, 11) is 1.99. The highest BCUT2D eigenvalue weighted by molar-refractivity contribution is 6.00. The molecule has 2 rings (SSSR count). The Kier molecular flexibility index (Phi) is 2.41. The van der Waals surface area contributed by atoms with Crippen LogP contribution in [0.3, 0.4) is 0 Å². The highest BCUT2D eigenvalue weighted by Gasteiger charge is 2.14. The molecule has 0 aromatic heterocycles. The molecular formula is C11H12N3O. The van der Waals surface area contributed by atoms with Crippen LogP contribution in [0.25, 0.3) is 0 Å². The van der Waals surface area contributed by atoms with E-state index in [1.807, 2.05) is 13.1 Å². The average molecular weight is 202 g/mol. The van der Waals surface area contributed by atoms with Crippen molar-refractivity contribution in [2.45, 2.75) is 0 Å². The summed E-state index contributed by atoms with van der Waals surface area (Å²) in [6.45, 7) is 1.76. The van der Waals surface area contributed by atoms with Gasteiger partial charge in [0.05, 0.1) is 6.54 Å². The zero-order valence-corrected chi connectivity index (χ0v) is 8.53. The fraction of sp³-hybridized carbons (Fsp3) is 0.273. The molecule has 2 N–H and O–H groups in total. The summed E-state index contributed by atoms with van der Waals surface area (Å²) in [6, 6.07) is 8.12. The number of primary amides is 1. The normalized spacial score (nSPS) is 15.3. The molecule has 0 bridgehead atoms. The molecule has 0 spiro atoms. The maximum atomic E-state index is 10.8. The van der Waals surface area contributed by atoms with Crippen LogP contribution < -0.4 is 5.73 Å².